The second kappa shape index (κ2) is 9.51. The fourth-order valence-corrected chi connectivity index (χ4v) is 3.86. The lowest BCUT2D eigenvalue weighted by atomic mass is 10.1. The van der Waals surface area contributed by atoms with Gasteiger partial charge in [0.05, 0.1) is 18.1 Å². The molecular weight excluding hydrogens is 400 g/mol. The molecule has 1 fully saturated rings. The van der Waals surface area contributed by atoms with Crippen LogP contribution >= 0.6 is 11.3 Å². The fourth-order valence-electron chi connectivity index (χ4n) is 3.24. The molecule has 2 amide bonds. The summed E-state index contributed by atoms with van der Waals surface area (Å²) in [5.74, 6) is 0.477. The molecule has 0 unspecified atom stereocenters. The van der Waals surface area contributed by atoms with Crippen molar-refractivity contribution in [1.82, 2.24) is 10.3 Å². The van der Waals surface area contributed by atoms with E-state index in [4.69, 9.17) is 4.74 Å². The minimum atomic E-state index is -0.209. The van der Waals surface area contributed by atoms with E-state index in [1.54, 1.807) is 36.5 Å². The van der Waals surface area contributed by atoms with Gasteiger partial charge in [0.2, 0.25) is 0 Å². The zero-order chi connectivity index (χ0) is 20.8. The molecule has 0 saturated carbocycles. The topological polar surface area (TPSA) is 83.6 Å². The van der Waals surface area contributed by atoms with Crippen molar-refractivity contribution in [1.29, 1.82) is 0 Å². The predicted octanol–water partition coefficient (Wildman–Crippen LogP) is 3.16. The zero-order valence-corrected chi connectivity index (χ0v) is 17.2. The Hall–Kier alpha value is -3.23. The number of anilines is 2. The normalized spacial score (nSPS) is 13.7. The van der Waals surface area contributed by atoms with E-state index in [1.807, 2.05) is 23.6 Å². The Labute approximate surface area is 178 Å². The van der Waals surface area contributed by atoms with Crippen LogP contribution in [0.25, 0.3) is 0 Å². The Morgan fingerprint density at radius 2 is 1.93 bits per heavy atom. The number of aromatic nitrogens is 1. The van der Waals surface area contributed by atoms with Crippen molar-refractivity contribution in [2.75, 3.05) is 36.5 Å². The van der Waals surface area contributed by atoms with E-state index in [1.165, 1.54) is 11.3 Å². The van der Waals surface area contributed by atoms with Crippen molar-refractivity contribution < 1.29 is 14.3 Å². The molecule has 8 heteroatoms. The third-order valence-electron chi connectivity index (χ3n) is 4.75. The van der Waals surface area contributed by atoms with Gasteiger partial charge in [-0.25, -0.2) is 4.98 Å². The van der Waals surface area contributed by atoms with Crippen LogP contribution in [0.15, 0.2) is 60.1 Å². The highest BCUT2D eigenvalue weighted by Gasteiger charge is 2.16. The van der Waals surface area contributed by atoms with Crippen molar-refractivity contribution in [3.63, 3.8) is 0 Å². The molecule has 0 bridgehead atoms. The number of benzene rings is 1. The maximum absolute atomic E-state index is 12.7. The molecule has 1 aromatic carbocycles. The minimum Gasteiger partial charge on any atom is -0.378 e. The van der Waals surface area contributed by atoms with Crippen molar-refractivity contribution >= 4 is 34.7 Å². The Balaban J connectivity index is 1.41. The molecule has 7 nitrogen and oxygen atoms in total. The summed E-state index contributed by atoms with van der Waals surface area (Å²) in [4.78, 5) is 32.2. The number of rotatable bonds is 6. The van der Waals surface area contributed by atoms with E-state index in [0.717, 1.165) is 24.5 Å². The molecule has 3 heterocycles. The molecule has 0 radical (unpaired) electrons. The smallest absolute Gasteiger partial charge is 0.265 e. The molecule has 0 atom stereocenters. The van der Waals surface area contributed by atoms with E-state index in [0.29, 0.717) is 35.9 Å². The predicted molar refractivity (Wildman–Crippen MR) is 117 cm³/mol. The average Bonchev–Trinajstić information content (AvgIpc) is 3.34. The van der Waals surface area contributed by atoms with Gasteiger partial charge in [0.25, 0.3) is 11.8 Å². The number of carbonyl (C=O) groups is 2. The first-order valence-electron chi connectivity index (χ1n) is 9.70. The number of morpholine rings is 1. The van der Waals surface area contributed by atoms with Crippen molar-refractivity contribution in [2.45, 2.75) is 6.54 Å². The highest BCUT2D eigenvalue weighted by Crippen LogP contribution is 2.19. The number of hydrogen-bond acceptors (Lipinski definition) is 6. The molecule has 3 aromatic rings. The second-order valence-corrected chi connectivity index (χ2v) is 7.73. The van der Waals surface area contributed by atoms with E-state index in [2.05, 4.69) is 20.5 Å². The van der Waals surface area contributed by atoms with Crippen molar-refractivity contribution in [3.8, 4) is 0 Å². The first kappa shape index (κ1) is 20.1. The van der Waals surface area contributed by atoms with Gasteiger partial charge in [-0.05, 0) is 35.7 Å². The first-order chi connectivity index (χ1) is 14.7. The summed E-state index contributed by atoms with van der Waals surface area (Å²) in [7, 11) is 0. The molecule has 2 aromatic heterocycles. The molecular formula is C22H22N4O3S. The van der Waals surface area contributed by atoms with Crippen LogP contribution in [-0.4, -0.2) is 43.1 Å². The third kappa shape index (κ3) is 4.84. The lowest BCUT2D eigenvalue weighted by Crippen LogP contribution is -2.37. The molecule has 0 aliphatic carbocycles. The Morgan fingerprint density at radius 1 is 1.07 bits per heavy atom. The number of amides is 2. The van der Waals surface area contributed by atoms with Crippen LogP contribution in [0.1, 0.15) is 25.6 Å². The Bertz CT molecular complexity index is 1020. The second-order valence-electron chi connectivity index (χ2n) is 6.78. The molecule has 1 aliphatic heterocycles. The number of nitrogens with zero attached hydrogens (tertiary/aromatic N) is 2. The molecule has 154 valence electrons. The molecule has 1 aliphatic rings. The molecule has 0 spiro atoms. The average molecular weight is 423 g/mol. The minimum absolute atomic E-state index is 0.187. The fraction of sp³-hybridized carbons (Fsp3) is 0.227. The number of nitrogens with one attached hydrogen (secondary N) is 2. The quantitative estimate of drug-likeness (QED) is 0.638. The Kier molecular flexibility index (Phi) is 6.36. The summed E-state index contributed by atoms with van der Waals surface area (Å²) in [5, 5.41) is 7.63. The highest BCUT2D eigenvalue weighted by atomic mass is 32.1. The van der Waals surface area contributed by atoms with Crippen molar-refractivity contribution in [3.05, 3.63) is 76.1 Å². The summed E-state index contributed by atoms with van der Waals surface area (Å²) in [6.07, 6.45) is 1.76. The largest absolute Gasteiger partial charge is 0.378 e. The van der Waals surface area contributed by atoms with E-state index in [-0.39, 0.29) is 11.8 Å². The first-order valence-corrected chi connectivity index (χ1v) is 10.6. The zero-order valence-electron chi connectivity index (χ0n) is 16.3. The molecule has 2 N–H and O–H groups in total. The van der Waals surface area contributed by atoms with Crippen LogP contribution in [0, 0.1) is 0 Å². The van der Waals surface area contributed by atoms with Gasteiger partial charge in [-0.1, -0.05) is 18.2 Å². The number of ether oxygens (including phenoxy) is 1. The van der Waals surface area contributed by atoms with Gasteiger partial charge in [-0.15, -0.1) is 11.3 Å². The lowest BCUT2D eigenvalue weighted by Gasteiger charge is -2.29. The van der Waals surface area contributed by atoms with Gasteiger partial charge in [-0.3, -0.25) is 9.59 Å². The molecule has 30 heavy (non-hydrogen) atoms. The van der Waals surface area contributed by atoms with Crippen LogP contribution in [0.5, 0.6) is 0 Å². The highest BCUT2D eigenvalue weighted by molar-refractivity contribution is 7.12. The van der Waals surface area contributed by atoms with E-state index in [9.17, 15) is 9.59 Å². The van der Waals surface area contributed by atoms with Crippen LogP contribution < -0.4 is 15.5 Å². The summed E-state index contributed by atoms with van der Waals surface area (Å²) < 4.78 is 5.41. The van der Waals surface area contributed by atoms with Gasteiger partial charge in [-0.2, -0.15) is 0 Å². The summed E-state index contributed by atoms with van der Waals surface area (Å²) in [5.41, 5.74) is 2.02. The lowest BCUT2D eigenvalue weighted by molar-refractivity contribution is 0.0949. The number of carbonyl (C=O) groups excluding carboxylic acids is 2. The molecule has 1 saturated heterocycles. The third-order valence-corrected chi connectivity index (χ3v) is 5.61. The van der Waals surface area contributed by atoms with Gasteiger partial charge in [0, 0.05) is 42.6 Å². The van der Waals surface area contributed by atoms with Crippen LogP contribution in [0.3, 0.4) is 0 Å². The Morgan fingerprint density at radius 3 is 2.73 bits per heavy atom. The molecule has 4 rings (SSSR count). The van der Waals surface area contributed by atoms with Crippen LogP contribution in [0.4, 0.5) is 11.5 Å². The van der Waals surface area contributed by atoms with Gasteiger partial charge >= 0.3 is 0 Å². The maximum atomic E-state index is 12.7. The number of hydrogen-bond donors (Lipinski definition) is 2. The van der Waals surface area contributed by atoms with Crippen molar-refractivity contribution in [2.24, 2.45) is 0 Å². The summed E-state index contributed by atoms with van der Waals surface area (Å²) in [6, 6.07) is 14.3. The summed E-state index contributed by atoms with van der Waals surface area (Å²) >= 11 is 1.37. The van der Waals surface area contributed by atoms with Crippen LogP contribution in [-0.2, 0) is 11.3 Å². The van der Waals surface area contributed by atoms with Crippen LogP contribution in [0.2, 0.25) is 0 Å². The monoisotopic (exact) mass is 422 g/mol. The SMILES string of the molecule is O=C(NCc1cccnc1N1CCOCC1)c1cccc(NC(=O)c2cccs2)c1. The van der Waals surface area contributed by atoms with E-state index >= 15 is 0 Å². The standard InChI is InChI=1S/C22H22N4O3S/c27-21(16-4-1-6-18(14-16)25-22(28)19-7-3-13-30-19)24-15-17-5-2-8-23-20(17)26-9-11-29-12-10-26/h1-8,13-14H,9-12,15H2,(H,24,27)(H,25,28). The van der Waals surface area contributed by atoms with Gasteiger partial charge < -0.3 is 20.3 Å². The van der Waals surface area contributed by atoms with E-state index < -0.39 is 0 Å². The van der Waals surface area contributed by atoms with Gasteiger partial charge in [0.1, 0.15) is 5.82 Å². The maximum Gasteiger partial charge on any atom is 0.265 e. The number of thiophene rings is 1. The number of pyridine rings is 1. The summed E-state index contributed by atoms with van der Waals surface area (Å²) in [6.45, 7) is 3.28. The van der Waals surface area contributed by atoms with Gasteiger partial charge in [0.15, 0.2) is 0 Å².